The van der Waals surface area contributed by atoms with Crippen molar-refractivity contribution >= 4 is 27.6 Å². The molecule has 1 aliphatic carbocycles. The molecule has 8 heteroatoms. The van der Waals surface area contributed by atoms with Crippen LogP contribution in [0.2, 0.25) is 0 Å². The van der Waals surface area contributed by atoms with Crippen LogP contribution < -0.4 is 4.31 Å². The largest absolute Gasteiger partial charge is 0.452 e. The van der Waals surface area contributed by atoms with Crippen LogP contribution in [0.4, 0.5) is 5.69 Å². The van der Waals surface area contributed by atoms with Gasteiger partial charge in [0.05, 0.1) is 16.1 Å². The monoisotopic (exact) mass is 510 g/mol. The molecule has 1 amide bonds. The number of amides is 1. The van der Waals surface area contributed by atoms with Gasteiger partial charge in [0, 0.05) is 18.6 Å². The Bertz CT molecular complexity index is 1320. The van der Waals surface area contributed by atoms with Gasteiger partial charge in [-0.1, -0.05) is 45.0 Å². The highest BCUT2D eigenvalue weighted by Crippen LogP contribution is 2.52. The predicted octanol–water partition coefficient (Wildman–Crippen LogP) is 4.41. The molecule has 7 nitrogen and oxygen atoms in total. The Balaban J connectivity index is 1.28. The molecule has 3 atom stereocenters. The van der Waals surface area contributed by atoms with E-state index in [0.29, 0.717) is 18.7 Å². The summed E-state index contributed by atoms with van der Waals surface area (Å²) in [6.07, 6.45) is 3.63. The van der Waals surface area contributed by atoms with E-state index in [-0.39, 0.29) is 45.9 Å². The van der Waals surface area contributed by atoms with Gasteiger partial charge in [-0.05, 0) is 73.3 Å². The maximum Gasteiger partial charge on any atom is 0.338 e. The summed E-state index contributed by atoms with van der Waals surface area (Å²) in [6.45, 7) is 8.92. The number of carbonyl (C=O) groups excluding carboxylic acids is 2. The van der Waals surface area contributed by atoms with Crippen molar-refractivity contribution < 1.29 is 22.7 Å². The van der Waals surface area contributed by atoms with Gasteiger partial charge in [-0.3, -0.25) is 9.10 Å². The second kappa shape index (κ2) is 8.61. The molecule has 0 aromatic heterocycles. The van der Waals surface area contributed by atoms with Crippen molar-refractivity contribution in [1.82, 2.24) is 4.90 Å². The highest BCUT2D eigenvalue weighted by atomic mass is 32.2. The summed E-state index contributed by atoms with van der Waals surface area (Å²) in [6, 6.07) is 13.3. The molecule has 0 spiro atoms. The quantitative estimate of drug-likeness (QED) is 0.557. The van der Waals surface area contributed by atoms with E-state index >= 15 is 0 Å². The van der Waals surface area contributed by atoms with E-state index < -0.39 is 16.0 Å². The summed E-state index contributed by atoms with van der Waals surface area (Å²) in [7, 11) is -3.88. The molecule has 36 heavy (non-hydrogen) atoms. The number of nitrogens with zero attached hydrogens (tertiary/aromatic N) is 2. The van der Waals surface area contributed by atoms with Crippen LogP contribution in [-0.4, -0.2) is 50.4 Å². The highest BCUT2D eigenvalue weighted by Gasteiger charge is 2.51. The van der Waals surface area contributed by atoms with Crippen molar-refractivity contribution in [2.75, 3.05) is 17.5 Å². The first-order chi connectivity index (χ1) is 16.9. The van der Waals surface area contributed by atoms with Gasteiger partial charge in [0.2, 0.25) is 0 Å². The lowest BCUT2D eigenvalue weighted by atomic mass is 9.65. The van der Waals surface area contributed by atoms with Crippen molar-refractivity contribution in [3.05, 3.63) is 59.7 Å². The minimum atomic E-state index is -3.88. The Morgan fingerprint density at radius 2 is 1.81 bits per heavy atom. The number of sulfonamides is 1. The second-order valence-electron chi connectivity index (χ2n) is 11.8. The fourth-order valence-corrected chi connectivity index (χ4v) is 8.58. The first-order valence-electron chi connectivity index (χ1n) is 12.6. The van der Waals surface area contributed by atoms with Gasteiger partial charge in [0.15, 0.2) is 6.61 Å². The number of hydrogen-bond donors (Lipinski definition) is 0. The average Bonchev–Trinajstić information content (AvgIpc) is 3.28. The topological polar surface area (TPSA) is 84.0 Å². The molecule has 3 unspecified atom stereocenters. The maximum absolute atomic E-state index is 13.5. The van der Waals surface area contributed by atoms with Crippen LogP contribution in [0.3, 0.4) is 0 Å². The van der Waals surface area contributed by atoms with E-state index in [0.717, 1.165) is 24.8 Å². The summed E-state index contributed by atoms with van der Waals surface area (Å²) < 4.78 is 33.8. The van der Waals surface area contributed by atoms with E-state index in [9.17, 15) is 18.0 Å². The fourth-order valence-electron chi connectivity index (χ4n) is 6.85. The molecule has 2 aliphatic heterocycles. The summed E-state index contributed by atoms with van der Waals surface area (Å²) >= 11 is 0. The normalized spacial score (nSPS) is 26.6. The number of esters is 1. The molecular weight excluding hydrogens is 476 g/mol. The van der Waals surface area contributed by atoms with Gasteiger partial charge >= 0.3 is 5.97 Å². The Labute approximate surface area is 213 Å². The first kappa shape index (κ1) is 24.8. The number of para-hydroxylation sites is 1. The molecule has 2 fully saturated rings. The number of likely N-dealkylation sites (tertiary alicyclic amines) is 1. The van der Waals surface area contributed by atoms with Crippen LogP contribution in [-0.2, 0) is 26.0 Å². The van der Waals surface area contributed by atoms with E-state index in [4.69, 9.17) is 4.74 Å². The lowest BCUT2D eigenvalue weighted by Crippen LogP contribution is -2.39. The third-order valence-electron chi connectivity index (χ3n) is 7.83. The fraction of sp³-hybridized carbons (Fsp3) is 0.500. The molecule has 0 radical (unpaired) electrons. The molecule has 2 aromatic rings. The number of carbonyl (C=O) groups is 2. The Hall–Kier alpha value is -2.87. The summed E-state index contributed by atoms with van der Waals surface area (Å²) in [4.78, 5) is 27.7. The number of fused-ring (bicyclic) bond motifs is 3. The molecule has 2 bridgehead atoms. The van der Waals surface area contributed by atoms with Crippen LogP contribution in [0.15, 0.2) is 53.4 Å². The smallest absolute Gasteiger partial charge is 0.338 e. The lowest BCUT2D eigenvalue weighted by Gasteiger charge is -2.39. The Morgan fingerprint density at radius 3 is 2.58 bits per heavy atom. The van der Waals surface area contributed by atoms with Gasteiger partial charge in [-0.15, -0.1) is 0 Å². The zero-order valence-electron chi connectivity index (χ0n) is 21.4. The second-order valence-corrected chi connectivity index (χ2v) is 13.6. The minimum absolute atomic E-state index is 0.0235. The molecule has 3 aliphatic rings. The van der Waals surface area contributed by atoms with Crippen molar-refractivity contribution in [2.45, 2.75) is 70.4 Å². The Kier molecular flexibility index (Phi) is 5.93. The van der Waals surface area contributed by atoms with Crippen LogP contribution in [0.1, 0.15) is 62.9 Å². The zero-order valence-corrected chi connectivity index (χ0v) is 22.2. The number of anilines is 1. The van der Waals surface area contributed by atoms with Crippen LogP contribution in [0, 0.1) is 10.8 Å². The van der Waals surface area contributed by atoms with Crippen molar-refractivity contribution in [3.63, 3.8) is 0 Å². The van der Waals surface area contributed by atoms with Crippen molar-refractivity contribution in [2.24, 2.45) is 10.8 Å². The third kappa shape index (κ3) is 4.40. The predicted molar refractivity (Wildman–Crippen MR) is 137 cm³/mol. The first-order valence-corrected chi connectivity index (χ1v) is 14.0. The van der Waals surface area contributed by atoms with Gasteiger partial charge in [-0.2, -0.15) is 0 Å². The van der Waals surface area contributed by atoms with E-state index in [1.165, 1.54) is 28.6 Å². The van der Waals surface area contributed by atoms with Crippen LogP contribution >= 0.6 is 0 Å². The molecule has 2 heterocycles. The summed E-state index contributed by atoms with van der Waals surface area (Å²) in [5.41, 5.74) is 2.03. The van der Waals surface area contributed by atoms with Crippen molar-refractivity contribution in [1.29, 1.82) is 0 Å². The lowest BCUT2D eigenvalue weighted by molar-refractivity contribution is -0.135. The molecule has 1 saturated carbocycles. The SMILES string of the molecule is CC1Cc2ccccc2N1S(=O)(=O)c1cccc(C(=O)OCC(=O)N2CC3(C)CC2CC(C)(C)C3)c1. The van der Waals surface area contributed by atoms with Gasteiger partial charge < -0.3 is 9.64 Å². The molecule has 2 aromatic carbocycles. The van der Waals surface area contributed by atoms with Crippen LogP contribution in [0.5, 0.6) is 0 Å². The van der Waals surface area contributed by atoms with E-state index in [1.54, 1.807) is 6.07 Å². The maximum atomic E-state index is 13.5. The van der Waals surface area contributed by atoms with Gasteiger partial charge in [-0.25, -0.2) is 13.2 Å². The number of rotatable bonds is 5. The van der Waals surface area contributed by atoms with Crippen molar-refractivity contribution in [3.8, 4) is 0 Å². The minimum Gasteiger partial charge on any atom is -0.452 e. The molecular formula is C28H34N2O5S. The standard InChI is InChI=1S/C28H34N2O5S/c1-19-12-20-8-5-6-11-24(20)30(19)36(33,34)23-10-7-9-21(13-23)26(32)35-16-25(31)29-18-28(4)15-22(29)14-27(2,3)17-28/h5-11,13,19,22H,12,14-18H2,1-4H3. The average molecular weight is 511 g/mol. The number of hydrogen-bond acceptors (Lipinski definition) is 5. The van der Waals surface area contributed by atoms with E-state index in [1.807, 2.05) is 30.0 Å². The summed E-state index contributed by atoms with van der Waals surface area (Å²) in [5, 5.41) is 0. The van der Waals surface area contributed by atoms with Gasteiger partial charge in [0.25, 0.3) is 15.9 Å². The highest BCUT2D eigenvalue weighted by molar-refractivity contribution is 7.92. The molecule has 5 rings (SSSR count). The molecule has 192 valence electrons. The third-order valence-corrected chi connectivity index (χ3v) is 9.76. The zero-order chi connectivity index (χ0) is 25.9. The molecule has 1 saturated heterocycles. The number of benzene rings is 2. The summed E-state index contributed by atoms with van der Waals surface area (Å²) in [5.74, 6) is -0.898. The number of ether oxygens (including phenoxy) is 1. The van der Waals surface area contributed by atoms with Crippen LogP contribution in [0.25, 0.3) is 0 Å². The Morgan fingerprint density at radius 1 is 1.06 bits per heavy atom. The van der Waals surface area contributed by atoms with E-state index in [2.05, 4.69) is 20.8 Å². The molecule has 0 N–H and O–H groups in total. The van der Waals surface area contributed by atoms with Gasteiger partial charge in [0.1, 0.15) is 0 Å².